The molecule has 1 fully saturated rings. The van der Waals surface area contributed by atoms with Crippen molar-refractivity contribution in [1.29, 1.82) is 0 Å². The maximum atomic E-state index is 11.0. The number of likely N-dealkylation sites (tertiary alicyclic amines) is 1. The summed E-state index contributed by atoms with van der Waals surface area (Å²) in [6.45, 7) is 7.28. The molecular formula is C19H34N2O3+2. The van der Waals surface area contributed by atoms with Gasteiger partial charge in [-0.2, -0.15) is 0 Å². The molecule has 4 N–H and O–H groups in total. The van der Waals surface area contributed by atoms with E-state index in [4.69, 9.17) is 9.47 Å². The first-order valence-corrected chi connectivity index (χ1v) is 8.97. The van der Waals surface area contributed by atoms with Gasteiger partial charge < -0.3 is 24.8 Å². The molecule has 0 aliphatic carbocycles. The maximum Gasteiger partial charge on any atom is 0.161 e. The largest absolute Gasteiger partial charge is 0.493 e. The molecule has 4 atom stereocenters. The molecule has 1 aliphatic heterocycles. The van der Waals surface area contributed by atoms with Gasteiger partial charge in [0.05, 0.1) is 46.0 Å². The molecule has 5 heteroatoms. The molecule has 1 saturated heterocycles. The second-order valence-corrected chi connectivity index (χ2v) is 7.38. The molecule has 1 aromatic rings. The van der Waals surface area contributed by atoms with E-state index in [1.54, 1.807) is 14.2 Å². The molecule has 0 amide bonds. The van der Waals surface area contributed by atoms with Crippen molar-refractivity contribution in [1.82, 2.24) is 0 Å². The minimum Gasteiger partial charge on any atom is -0.493 e. The van der Waals surface area contributed by atoms with Crippen LogP contribution < -0.4 is 19.7 Å². The van der Waals surface area contributed by atoms with E-state index in [-0.39, 0.29) is 0 Å². The topological polar surface area (TPSA) is 59.7 Å². The molecule has 1 heterocycles. The first-order valence-electron chi connectivity index (χ1n) is 8.97. The summed E-state index contributed by atoms with van der Waals surface area (Å²) >= 11 is 0. The van der Waals surface area contributed by atoms with Crippen molar-refractivity contribution in [3.05, 3.63) is 23.8 Å². The summed E-state index contributed by atoms with van der Waals surface area (Å²) in [7, 11) is 5.53. The van der Waals surface area contributed by atoms with E-state index >= 15 is 0 Å². The Balaban J connectivity index is 1.84. The lowest BCUT2D eigenvalue weighted by molar-refractivity contribution is -0.916. The Hall–Kier alpha value is -1.30. The van der Waals surface area contributed by atoms with E-state index in [9.17, 15) is 5.11 Å². The molecule has 1 unspecified atom stereocenters. The monoisotopic (exact) mass is 338 g/mol. The van der Waals surface area contributed by atoms with Gasteiger partial charge in [0, 0.05) is 24.3 Å². The van der Waals surface area contributed by atoms with Crippen molar-refractivity contribution in [2.45, 2.75) is 44.9 Å². The number of piperidine rings is 1. The van der Waals surface area contributed by atoms with Gasteiger partial charge in [-0.15, -0.1) is 0 Å². The highest BCUT2D eigenvalue weighted by molar-refractivity contribution is 5.42. The van der Waals surface area contributed by atoms with Crippen molar-refractivity contribution in [3.63, 3.8) is 0 Å². The van der Waals surface area contributed by atoms with E-state index in [0.29, 0.717) is 12.0 Å². The molecule has 24 heavy (non-hydrogen) atoms. The molecule has 136 valence electrons. The highest BCUT2D eigenvalue weighted by atomic mass is 16.5. The lowest BCUT2D eigenvalue weighted by Crippen LogP contribution is -3.15. The zero-order valence-corrected chi connectivity index (χ0v) is 15.8. The van der Waals surface area contributed by atoms with Gasteiger partial charge in [-0.3, -0.25) is 0 Å². The van der Waals surface area contributed by atoms with Gasteiger partial charge in [0.15, 0.2) is 11.5 Å². The van der Waals surface area contributed by atoms with Gasteiger partial charge in [0.2, 0.25) is 0 Å². The van der Waals surface area contributed by atoms with Crippen LogP contribution in [0.15, 0.2) is 18.2 Å². The predicted molar refractivity (Wildman–Crippen MR) is 94.6 cm³/mol. The molecule has 0 saturated carbocycles. The molecule has 0 radical (unpaired) electrons. The maximum absolute atomic E-state index is 11.0. The van der Waals surface area contributed by atoms with Crippen LogP contribution in [0.25, 0.3) is 0 Å². The Morgan fingerprint density at radius 2 is 1.96 bits per heavy atom. The Kier molecular flexibility index (Phi) is 6.49. The molecule has 0 spiro atoms. The highest BCUT2D eigenvalue weighted by Gasteiger charge is 2.43. The number of hydrogen-bond acceptors (Lipinski definition) is 3. The van der Waals surface area contributed by atoms with Gasteiger partial charge in [-0.25, -0.2) is 0 Å². The van der Waals surface area contributed by atoms with Crippen molar-refractivity contribution < 1.29 is 24.8 Å². The standard InChI is InChI=1S/C19H32N2O3/c1-14-13-21(3)15(2)11-19(14,22)8-9-20-12-16-6-7-17(23-4)18(10-16)24-5/h6-7,10,14-15,20,22H,8-9,11-13H2,1-5H3/p+2/t14-,15+,19-/m1/s1. The third kappa shape index (κ3) is 4.41. The normalized spacial score (nSPS) is 30.2. The fourth-order valence-corrected chi connectivity index (χ4v) is 3.76. The minimum absolute atomic E-state index is 0.350. The van der Waals surface area contributed by atoms with Crippen molar-refractivity contribution in [2.75, 3.05) is 34.4 Å². The number of ether oxygens (including phenoxy) is 2. The van der Waals surface area contributed by atoms with Crippen molar-refractivity contribution in [3.8, 4) is 11.5 Å². The van der Waals surface area contributed by atoms with Gasteiger partial charge in [-0.05, 0) is 25.1 Å². The van der Waals surface area contributed by atoms with Crippen LogP contribution in [-0.2, 0) is 6.54 Å². The summed E-state index contributed by atoms with van der Waals surface area (Å²) in [4.78, 5) is 1.53. The van der Waals surface area contributed by atoms with E-state index in [2.05, 4.69) is 32.3 Å². The second-order valence-electron chi connectivity index (χ2n) is 7.38. The number of benzene rings is 1. The molecule has 0 bridgehead atoms. The van der Waals surface area contributed by atoms with E-state index in [1.165, 1.54) is 10.5 Å². The number of rotatable bonds is 7. The van der Waals surface area contributed by atoms with Crippen LogP contribution in [0.3, 0.4) is 0 Å². The first-order chi connectivity index (χ1) is 11.4. The summed E-state index contributed by atoms with van der Waals surface area (Å²) in [6.07, 6.45) is 1.74. The highest BCUT2D eigenvalue weighted by Crippen LogP contribution is 2.28. The van der Waals surface area contributed by atoms with Crippen LogP contribution >= 0.6 is 0 Å². The Bertz CT molecular complexity index is 537. The van der Waals surface area contributed by atoms with Crippen molar-refractivity contribution >= 4 is 0 Å². The van der Waals surface area contributed by atoms with Crippen LogP contribution in [0.5, 0.6) is 11.5 Å². The molecule has 0 aromatic heterocycles. The predicted octanol–water partition coefficient (Wildman–Crippen LogP) is -0.169. The van der Waals surface area contributed by atoms with E-state index < -0.39 is 5.60 Å². The van der Waals surface area contributed by atoms with E-state index in [0.717, 1.165) is 44.0 Å². The van der Waals surface area contributed by atoms with Crippen LogP contribution in [0.4, 0.5) is 0 Å². The summed E-state index contributed by atoms with van der Waals surface area (Å²) in [5.74, 6) is 1.87. The summed E-state index contributed by atoms with van der Waals surface area (Å²) in [5.41, 5.74) is 0.682. The third-order valence-corrected chi connectivity index (χ3v) is 5.66. The summed E-state index contributed by atoms with van der Waals surface area (Å²) < 4.78 is 10.6. The zero-order chi connectivity index (χ0) is 17.7. The van der Waals surface area contributed by atoms with Crippen LogP contribution in [0.1, 0.15) is 32.3 Å². The molecule has 2 rings (SSSR count). The first kappa shape index (κ1) is 19.0. The number of nitrogens with one attached hydrogen (secondary N) is 1. The van der Waals surface area contributed by atoms with Crippen LogP contribution in [0.2, 0.25) is 0 Å². The zero-order valence-electron chi connectivity index (χ0n) is 15.8. The fraction of sp³-hybridized carbons (Fsp3) is 0.684. The number of nitrogens with two attached hydrogens (primary N) is 1. The smallest absolute Gasteiger partial charge is 0.161 e. The number of hydrogen-bond donors (Lipinski definition) is 3. The number of aliphatic hydroxyl groups is 1. The third-order valence-electron chi connectivity index (χ3n) is 5.66. The molecule has 1 aromatic carbocycles. The van der Waals surface area contributed by atoms with Gasteiger partial charge in [-0.1, -0.05) is 6.92 Å². The van der Waals surface area contributed by atoms with Gasteiger partial charge in [0.25, 0.3) is 0 Å². The fourth-order valence-electron chi connectivity index (χ4n) is 3.76. The van der Waals surface area contributed by atoms with Crippen LogP contribution in [0, 0.1) is 5.92 Å². The van der Waals surface area contributed by atoms with E-state index in [1.807, 2.05) is 12.1 Å². The minimum atomic E-state index is -0.521. The van der Waals surface area contributed by atoms with Crippen molar-refractivity contribution in [2.24, 2.45) is 5.92 Å². The van der Waals surface area contributed by atoms with Gasteiger partial charge >= 0.3 is 0 Å². The van der Waals surface area contributed by atoms with Gasteiger partial charge in [0.1, 0.15) is 6.54 Å². The van der Waals surface area contributed by atoms with Crippen LogP contribution in [-0.4, -0.2) is 51.1 Å². The lowest BCUT2D eigenvalue weighted by atomic mass is 9.77. The number of quaternary nitrogens is 2. The summed E-state index contributed by atoms with van der Waals surface area (Å²) in [5, 5.41) is 13.3. The summed E-state index contributed by atoms with van der Waals surface area (Å²) in [6, 6.07) is 6.56. The lowest BCUT2D eigenvalue weighted by Gasteiger charge is -2.43. The molecule has 5 nitrogen and oxygen atoms in total. The quantitative estimate of drug-likeness (QED) is 0.605. The average molecular weight is 338 g/mol. The Morgan fingerprint density at radius 1 is 1.25 bits per heavy atom. The second kappa shape index (κ2) is 8.19. The number of methoxy groups -OCH3 is 2. The average Bonchev–Trinajstić information content (AvgIpc) is 2.57. The Morgan fingerprint density at radius 3 is 2.62 bits per heavy atom. The SMILES string of the molecule is COc1ccc(C[NH2+]CC[C@@]2(O)C[C@H](C)[NH+](C)C[C@H]2C)cc1OC. The Labute approximate surface area is 146 Å². The molecular weight excluding hydrogens is 304 g/mol. The molecule has 1 aliphatic rings.